The average Bonchev–Trinajstić information content (AvgIpc) is 3.27. The van der Waals surface area contributed by atoms with Gasteiger partial charge in [-0.15, -0.1) is 0 Å². The summed E-state index contributed by atoms with van der Waals surface area (Å²) in [4.78, 5) is 17.4. The lowest BCUT2D eigenvalue weighted by molar-refractivity contribution is -0.146. The first kappa shape index (κ1) is 17.9. The van der Waals surface area contributed by atoms with Crippen LogP contribution in [0.15, 0.2) is 18.2 Å². The highest BCUT2D eigenvalue weighted by Gasteiger charge is 2.48. The summed E-state index contributed by atoms with van der Waals surface area (Å²) in [5.74, 6) is -0.734. The maximum Gasteiger partial charge on any atom is 0.230 e. The van der Waals surface area contributed by atoms with Crippen molar-refractivity contribution >= 4 is 5.91 Å². The van der Waals surface area contributed by atoms with Crippen LogP contribution in [0.1, 0.15) is 50.5 Å². The second kappa shape index (κ2) is 7.26. The minimum Gasteiger partial charge on any atom is -0.338 e. The molecule has 142 valence electrons. The van der Waals surface area contributed by atoms with Crippen molar-refractivity contribution in [2.75, 3.05) is 26.2 Å². The SMILES string of the molecule is O=C1N(Cc2cccc(F)c2F)CCC[C@@]12CCN(CC1CCCC1)C2. The topological polar surface area (TPSA) is 23.6 Å². The molecule has 5 heteroatoms. The number of hydrogen-bond donors (Lipinski definition) is 0. The number of nitrogens with zero attached hydrogens (tertiary/aromatic N) is 2. The molecule has 1 saturated carbocycles. The van der Waals surface area contributed by atoms with E-state index in [2.05, 4.69) is 4.90 Å². The summed E-state index contributed by atoms with van der Waals surface area (Å²) in [5.41, 5.74) is -0.0306. The van der Waals surface area contributed by atoms with Crippen molar-refractivity contribution in [1.82, 2.24) is 9.80 Å². The van der Waals surface area contributed by atoms with Crippen molar-refractivity contribution < 1.29 is 13.6 Å². The van der Waals surface area contributed by atoms with Crippen LogP contribution in [-0.2, 0) is 11.3 Å². The lowest BCUT2D eigenvalue weighted by atomic mass is 9.78. The van der Waals surface area contributed by atoms with E-state index in [0.29, 0.717) is 6.54 Å². The van der Waals surface area contributed by atoms with Gasteiger partial charge >= 0.3 is 0 Å². The van der Waals surface area contributed by atoms with E-state index >= 15 is 0 Å². The molecule has 4 rings (SSSR count). The van der Waals surface area contributed by atoms with E-state index in [9.17, 15) is 13.6 Å². The van der Waals surface area contributed by atoms with Crippen molar-refractivity contribution in [3.8, 4) is 0 Å². The molecule has 1 atom stereocenters. The summed E-state index contributed by atoms with van der Waals surface area (Å²) < 4.78 is 27.5. The zero-order valence-electron chi connectivity index (χ0n) is 15.4. The molecule has 3 nitrogen and oxygen atoms in total. The second-order valence-corrected chi connectivity index (χ2v) is 8.46. The molecule has 26 heavy (non-hydrogen) atoms. The summed E-state index contributed by atoms with van der Waals surface area (Å²) in [6.45, 7) is 3.76. The number of likely N-dealkylation sites (tertiary alicyclic amines) is 2. The van der Waals surface area contributed by atoms with Gasteiger partial charge in [0.15, 0.2) is 11.6 Å². The van der Waals surface area contributed by atoms with Crippen LogP contribution in [0, 0.1) is 23.0 Å². The van der Waals surface area contributed by atoms with Crippen LogP contribution in [0.2, 0.25) is 0 Å². The zero-order chi connectivity index (χ0) is 18.1. The van der Waals surface area contributed by atoms with E-state index in [1.54, 1.807) is 11.0 Å². The molecule has 1 aliphatic carbocycles. The summed E-state index contributed by atoms with van der Waals surface area (Å²) in [6.07, 6.45) is 8.10. The molecule has 0 aromatic heterocycles. The molecule has 2 heterocycles. The van der Waals surface area contributed by atoms with Gasteiger partial charge in [-0.25, -0.2) is 8.78 Å². The first-order valence-electron chi connectivity index (χ1n) is 10.0. The van der Waals surface area contributed by atoms with Crippen molar-refractivity contribution in [3.05, 3.63) is 35.4 Å². The van der Waals surface area contributed by atoms with Gasteiger partial charge in [0.1, 0.15) is 0 Å². The van der Waals surface area contributed by atoms with E-state index in [1.807, 2.05) is 0 Å². The quantitative estimate of drug-likeness (QED) is 0.809. The summed E-state index contributed by atoms with van der Waals surface area (Å²) in [5, 5.41) is 0. The molecule has 3 fully saturated rings. The fourth-order valence-corrected chi connectivity index (χ4v) is 5.23. The van der Waals surface area contributed by atoms with Gasteiger partial charge in [-0.05, 0) is 50.6 Å². The standard InChI is InChI=1S/C21H28F2N2O/c22-18-8-3-7-17(19(18)23)14-25-11-4-9-21(20(25)26)10-12-24(15-21)13-16-5-1-2-6-16/h3,7-8,16H,1-2,4-6,9-15H2/t21-/m0/s1. The normalized spacial score (nSPS) is 27.8. The molecular weight excluding hydrogens is 334 g/mol. The van der Waals surface area contributed by atoms with Crippen molar-refractivity contribution in [1.29, 1.82) is 0 Å². The van der Waals surface area contributed by atoms with Gasteiger partial charge in [-0.3, -0.25) is 4.79 Å². The van der Waals surface area contributed by atoms with Crippen LogP contribution in [0.4, 0.5) is 8.78 Å². The second-order valence-electron chi connectivity index (χ2n) is 8.46. The average molecular weight is 362 g/mol. The summed E-state index contributed by atoms with van der Waals surface area (Å²) in [7, 11) is 0. The lowest BCUT2D eigenvalue weighted by Crippen LogP contribution is -2.49. The molecule has 0 N–H and O–H groups in total. The third kappa shape index (κ3) is 3.38. The van der Waals surface area contributed by atoms with Gasteiger partial charge in [0.05, 0.1) is 5.41 Å². The molecular formula is C21H28F2N2O. The number of carbonyl (C=O) groups is 1. The molecule has 1 aromatic rings. The molecule has 3 aliphatic rings. The molecule has 0 bridgehead atoms. The first-order chi connectivity index (χ1) is 12.6. The third-order valence-electron chi connectivity index (χ3n) is 6.64. The number of rotatable bonds is 4. The van der Waals surface area contributed by atoms with E-state index < -0.39 is 11.6 Å². The highest BCUT2D eigenvalue weighted by atomic mass is 19.2. The van der Waals surface area contributed by atoms with Crippen LogP contribution in [-0.4, -0.2) is 41.9 Å². The molecule has 0 radical (unpaired) electrons. The highest BCUT2D eigenvalue weighted by Crippen LogP contribution is 2.41. The first-order valence-corrected chi connectivity index (χ1v) is 10.0. The van der Waals surface area contributed by atoms with E-state index in [-0.39, 0.29) is 23.4 Å². The van der Waals surface area contributed by atoms with Crippen LogP contribution >= 0.6 is 0 Å². The number of piperidine rings is 1. The monoisotopic (exact) mass is 362 g/mol. The van der Waals surface area contributed by atoms with Gasteiger partial charge < -0.3 is 9.80 Å². The van der Waals surface area contributed by atoms with Crippen LogP contribution < -0.4 is 0 Å². The van der Waals surface area contributed by atoms with Crippen molar-refractivity contribution in [2.24, 2.45) is 11.3 Å². The largest absolute Gasteiger partial charge is 0.338 e. The molecule has 1 amide bonds. The smallest absolute Gasteiger partial charge is 0.230 e. The Bertz CT molecular complexity index is 674. The fraction of sp³-hybridized carbons (Fsp3) is 0.667. The Morgan fingerprint density at radius 2 is 1.88 bits per heavy atom. The van der Waals surface area contributed by atoms with Gasteiger partial charge in [-0.1, -0.05) is 25.0 Å². The Morgan fingerprint density at radius 1 is 1.08 bits per heavy atom. The predicted molar refractivity (Wildman–Crippen MR) is 96.5 cm³/mol. The Hall–Kier alpha value is -1.49. The Morgan fingerprint density at radius 3 is 2.69 bits per heavy atom. The Balaban J connectivity index is 1.43. The van der Waals surface area contributed by atoms with Crippen LogP contribution in [0.25, 0.3) is 0 Å². The molecule has 1 spiro atoms. The number of hydrogen-bond acceptors (Lipinski definition) is 2. The van der Waals surface area contributed by atoms with Crippen LogP contribution in [0.3, 0.4) is 0 Å². The Kier molecular flexibility index (Phi) is 5.00. The number of carbonyl (C=O) groups excluding carboxylic acids is 1. The van der Waals surface area contributed by atoms with E-state index in [1.165, 1.54) is 31.7 Å². The number of benzene rings is 1. The van der Waals surface area contributed by atoms with Gasteiger partial charge in [0, 0.05) is 31.7 Å². The highest BCUT2D eigenvalue weighted by molar-refractivity contribution is 5.84. The number of amides is 1. The maximum absolute atomic E-state index is 14.0. The maximum atomic E-state index is 14.0. The van der Waals surface area contributed by atoms with Crippen molar-refractivity contribution in [2.45, 2.75) is 51.5 Å². The molecule has 2 saturated heterocycles. The minimum absolute atomic E-state index is 0.140. The van der Waals surface area contributed by atoms with E-state index in [4.69, 9.17) is 0 Å². The van der Waals surface area contributed by atoms with E-state index in [0.717, 1.165) is 50.9 Å². The fourth-order valence-electron chi connectivity index (χ4n) is 5.23. The van der Waals surface area contributed by atoms with Gasteiger partial charge in [0.2, 0.25) is 5.91 Å². The Labute approximate surface area is 154 Å². The summed E-state index contributed by atoms with van der Waals surface area (Å²) >= 11 is 0. The third-order valence-corrected chi connectivity index (χ3v) is 6.64. The predicted octanol–water partition coefficient (Wildman–Crippen LogP) is 3.97. The molecule has 2 aliphatic heterocycles. The van der Waals surface area contributed by atoms with Crippen molar-refractivity contribution in [3.63, 3.8) is 0 Å². The van der Waals surface area contributed by atoms with Crippen LogP contribution in [0.5, 0.6) is 0 Å². The molecule has 0 unspecified atom stereocenters. The number of halogens is 2. The minimum atomic E-state index is -0.842. The molecule has 1 aromatic carbocycles. The zero-order valence-corrected chi connectivity index (χ0v) is 15.4. The lowest BCUT2D eigenvalue weighted by Gasteiger charge is -2.39. The van der Waals surface area contributed by atoms with Gasteiger partial charge in [-0.2, -0.15) is 0 Å². The summed E-state index contributed by atoms with van der Waals surface area (Å²) in [6, 6.07) is 4.21. The van der Waals surface area contributed by atoms with Gasteiger partial charge in [0.25, 0.3) is 0 Å².